The fourth-order valence-corrected chi connectivity index (χ4v) is 2.05. The van der Waals surface area contributed by atoms with Gasteiger partial charge in [-0.15, -0.1) is 0 Å². The van der Waals surface area contributed by atoms with Gasteiger partial charge in [0.15, 0.2) is 0 Å². The van der Waals surface area contributed by atoms with Gasteiger partial charge in [-0.2, -0.15) is 0 Å². The normalized spacial score (nSPS) is 11.6. The van der Waals surface area contributed by atoms with E-state index in [1.54, 1.807) is 24.3 Å². The molecule has 1 N–H and O–H groups in total. The predicted molar refractivity (Wildman–Crippen MR) is 66.0 cm³/mol. The van der Waals surface area contributed by atoms with E-state index in [4.69, 9.17) is 8.83 Å². The summed E-state index contributed by atoms with van der Waals surface area (Å²) in [5.41, 5.74) is -0.691. The molecular formula is C15H12O3. The van der Waals surface area contributed by atoms with E-state index in [1.165, 1.54) is 12.5 Å². The molecule has 1 aromatic carbocycles. The van der Waals surface area contributed by atoms with E-state index in [0.29, 0.717) is 17.1 Å². The highest BCUT2D eigenvalue weighted by atomic mass is 16.4. The highest BCUT2D eigenvalue weighted by Crippen LogP contribution is 2.36. The number of rotatable bonds is 3. The Balaban J connectivity index is 2.22. The molecule has 3 nitrogen and oxygen atoms in total. The molecule has 3 aromatic rings. The molecule has 2 aromatic heterocycles. The molecule has 2 heterocycles. The zero-order valence-electron chi connectivity index (χ0n) is 9.61. The van der Waals surface area contributed by atoms with Crippen LogP contribution in [0.15, 0.2) is 76.0 Å². The van der Waals surface area contributed by atoms with Crippen molar-refractivity contribution in [3.8, 4) is 0 Å². The molecule has 18 heavy (non-hydrogen) atoms. The number of hydrogen-bond donors (Lipinski definition) is 1. The molecule has 0 bridgehead atoms. The maximum absolute atomic E-state index is 11.0. The largest absolute Gasteiger partial charge is 0.465 e. The summed E-state index contributed by atoms with van der Waals surface area (Å²) in [5.74, 6) is 0.868. The van der Waals surface area contributed by atoms with E-state index in [2.05, 4.69) is 0 Å². The minimum atomic E-state index is -1.39. The highest BCUT2D eigenvalue weighted by molar-refractivity contribution is 5.39. The molecule has 0 aliphatic rings. The third-order valence-corrected chi connectivity index (χ3v) is 2.95. The summed E-state index contributed by atoms with van der Waals surface area (Å²) in [6.45, 7) is 0. The van der Waals surface area contributed by atoms with E-state index < -0.39 is 5.60 Å². The quantitative estimate of drug-likeness (QED) is 0.765. The third kappa shape index (κ3) is 1.57. The zero-order valence-corrected chi connectivity index (χ0v) is 9.61. The lowest BCUT2D eigenvalue weighted by molar-refractivity contribution is 0.0752. The van der Waals surface area contributed by atoms with Gasteiger partial charge in [0.1, 0.15) is 11.5 Å². The smallest absolute Gasteiger partial charge is 0.205 e. The first kappa shape index (κ1) is 10.9. The molecule has 0 atom stereocenters. The van der Waals surface area contributed by atoms with E-state index in [9.17, 15) is 5.11 Å². The minimum absolute atomic E-state index is 0.434. The summed E-state index contributed by atoms with van der Waals surface area (Å²) in [7, 11) is 0. The van der Waals surface area contributed by atoms with Gasteiger partial charge in [-0.1, -0.05) is 30.3 Å². The van der Waals surface area contributed by atoms with Crippen molar-refractivity contribution >= 4 is 0 Å². The molecule has 0 saturated heterocycles. The molecule has 0 fully saturated rings. The van der Waals surface area contributed by atoms with E-state index in [-0.39, 0.29) is 0 Å². The van der Waals surface area contributed by atoms with E-state index >= 15 is 0 Å². The van der Waals surface area contributed by atoms with Crippen molar-refractivity contribution in [2.24, 2.45) is 0 Å². The lowest BCUT2D eigenvalue weighted by atomic mass is 9.89. The lowest BCUT2D eigenvalue weighted by Crippen LogP contribution is -2.27. The SMILES string of the molecule is OC(c1ccccc1)(c1ccco1)c1ccco1. The summed E-state index contributed by atoms with van der Waals surface area (Å²) < 4.78 is 10.7. The van der Waals surface area contributed by atoms with Crippen molar-refractivity contribution in [2.75, 3.05) is 0 Å². The molecule has 0 saturated carbocycles. The van der Waals surface area contributed by atoms with Gasteiger partial charge in [0, 0.05) is 0 Å². The average Bonchev–Trinajstić information content (AvgIpc) is 3.12. The monoisotopic (exact) mass is 240 g/mol. The molecule has 3 rings (SSSR count). The number of furan rings is 2. The van der Waals surface area contributed by atoms with Gasteiger partial charge >= 0.3 is 0 Å². The van der Waals surface area contributed by atoms with Crippen molar-refractivity contribution in [1.82, 2.24) is 0 Å². The van der Waals surface area contributed by atoms with Crippen LogP contribution in [0.3, 0.4) is 0 Å². The van der Waals surface area contributed by atoms with Crippen LogP contribution < -0.4 is 0 Å². The van der Waals surface area contributed by atoms with E-state index in [0.717, 1.165) is 0 Å². The summed E-state index contributed by atoms with van der Waals surface area (Å²) in [6.07, 6.45) is 3.07. The Morgan fingerprint density at radius 2 is 1.28 bits per heavy atom. The Morgan fingerprint density at radius 1 is 0.722 bits per heavy atom. The lowest BCUT2D eigenvalue weighted by Gasteiger charge is -2.24. The van der Waals surface area contributed by atoms with Crippen LogP contribution >= 0.6 is 0 Å². The molecule has 0 spiro atoms. The predicted octanol–water partition coefficient (Wildman–Crippen LogP) is 3.16. The fourth-order valence-electron chi connectivity index (χ4n) is 2.05. The van der Waals surface area contributed by atoms with Gasteiger partial charge in [-0.25, -0.2) is 0 Å². The number of aliphatic hydroxyl groups is 1. The molecule has 90 valence electrons. The van der Waals surface area contributed by atoms with Crippen molar-refractivity contribution in [3.63, 3.8) is 0 Å². The van der Waals surface area contributed by atoms with Crippen molar-refractivity contribution in [1.29, 1.82) is 0 Å². The van der Waals surface area contributed by atoms with Crippen LogP contribution in [0.4, 0.5) is 0 Å². The molecule has 0 unspecified atom stereocenters. The Labute approximate surface area is 104 Å². The van der Waals surface area contributed by atoms with Crippen molar-refractivity contribution < 1.29 is 13.9 Å². The van der Waals surface area contributed by atoms with Gasteiger partial charge in [-0.05, 0) is 29.8 Å². The van der Waals surface area contributed by atoms with Gasteiger partial charge < -0.3 is 13.9 Å². The molecule has 3 heteroatoms. The van der Waals surface area contributed by atoms with Crippen LogP contribution in [0.25, 0.3) is 0 Å². The van der Waals surface area contributed by atoms with Gasteiger partial charge in [0.05, 0.1) is 12.5 Å². The molecular weight excluding hydrogens is 228 g/mol. The highest BCUT2D eigenvalue weighted by Gasteiger charge is 2.39. The molecule has 0 aliphatic heterocycles. The molecule has 0 aliphatic carbocycles. The van der Waals surface area contributed by atoms with Crippen LogP contribution in [0.2, 0.25) is 0 Å². The Hall–Kier alpha value is -2.26. The van der Waals surface area contributed by atoms with E-state index in [1.807, 2.05) is 30.3 Å². The van der Waals surface area contributed by atoms with Crippen LogP contribution in [0.1, 0.15) is 17.1 Å². The van der Waals surface area contributed by atoms with Gasteiger partial charge in [0.2, 0.25) is 5.60 Å². The third-order valence-electron chi connectivity index (χ3n) is 2.95. The first-order valence-corrected chi connectivity index (χ1v) is 5.67. The maximum atomic E-state index is 11.0. The zero-order chi connectivity index (χ0) is 12.4. The second kappa shape index (κ2) is 4.20. The Bertz CT molecular complexity index is 560. The summed E-state index contributed by atoms with van der Waals surface area (Å²) in [6, 6.07) is 16.3. The summed E-state index contributed by atoms with van der Waals surface area (Å²) in [5, 5.41) is 11.0. The first-order valence-electron chi connectivity index (χ1n) is 5.67. The van der Waals surface area contributed by atoms with Crippen LogP contribution in [-0.4, -0.2) is 5.11 Å². The summed E-state index contributed by atoms with van der Waals surface area (Å²) >= 11 is 0. The van der Waals surface area contributed by atoms with Crippen molar-refractivity contribution in [2.45, 2.75) is 5.60 Å². The van der Waals surface area contributed by atoms with Gasteiger partial charge in [-0.3, -0.25) is 0 Å². The number of hydrogen-bond acceptors (Lipinski definition) is 3. The minimum Gasteiger partial charge on any atom is -0.465 e. The maximum Gasteiger partial charge on any atom is 0.205 e. The topological polar surface area (TPSA) is 46.5 Å². The Morgan fingerprint density at radius 3 is 1.72 bits per heavy atom. The second-order valence-electron chi connectivity index (χ2n) is 4.03. The van der Waals surface area contributed by atoms with Crippen LogP contribution in [0.5, 0.6) is 0 Å². The molecule has 0 radical (unpaired) electrons. The molecule has 0 amide bonds. The first-order chi connectivity index (χ1) is 8.82. The Kier molecular flexibility index (Phi) is 2.54. The second-order valence-corrected chi connectivity index (χ2v) is 4.03. The van der Waals surface area contributed by atoms with Crippen molar-refractivity contribution in [3.05, 3.63) is 84.2 Å². The average molecular weight is 240 g/mol. The van der Waals surface area contributed by atoms with Gasteiger partial charge in [0.25, 0.3) is 0 Å². The van der Waals surface area contributed by atoms with Crippen LogP contribution in [-0.2, 0) is 5.60 Å². The van der Waals surface area contributed by atoms with Crippen LogP contribution in [0, 0.1) is 0 Å². The summed E-state index contributed by atoms with van der Waals surface area (Å²) in [4.78, 5) is 0. The number of benzene rings is 1. The standard InChI is InChI=1S/C15H12O3/c16-15(13-8-4-10-17-13,14-9-5-11-18-14)12-6-2-1-3-7-12/h1-11,16H. The fraction of sp³-hybridized carbons (Fsp3) is 0.0667.